The molecule has 1 aliphatic rings. The fourth-order valence-electron chi connectivity index (χ4n) is 1.82. The van der Waals surface area contributed by atoms with Crippen molar-refractivity contribution in [2.24, 2.45) is 0 Å². The maximum absolute atomic E-state index is 4.59. The van der Waals surface area contributed by atoms with Gasteiger partial charge in [0.15, 0.2) is 0 Å². The molecule has 14 heavy (non-hydrogen) atoms. The average Bonchev–Trinajstić information content (AvgIpc) is 2.07. The number of anilines is 2. The molecule has 0 atom stereocenters. The summed E-state index contributed by atoms with van der Waals surface area (Å²) in [6, 6.07) is 2.10. The van der Waals surface area contributed by atoms with Gasteiger partial charge in [0.2, 0.25) is 0 Å². The average molecular weight is 191 g/mol. The van der Waals surface area contributed by atoms with E-state index in [-0.39, 0.29) is 0 Å². The van der Waals surface area contributed by atoms with Crippen LogP contribution in [0.2, 0.25) is 0 Å². The number of hydrogen-bond donors (Lipinski definition) is 1. The van der Waals surface area contributed by atoms with Gasteiger partial charge in [-0.15, -0.1) is 0 Å². The van der Waals surface area contributed by atoms with Gasteiger partial charge >= 0.3 is 0 Å². The monoisotopic (exact) mass is 191 g/mol. The summed E-state index contributed by atoms with van der Waals surface area (Å²) in [5.41, 5.74) is 3.54. The molecule has 0 bridgehead atoms. The van der Waals surface area contributed by atoms with Crippen LogP contribution in [0, 0.1) is 13.8 Å². The summed E-state index contributed by atoms with van der Waals surface area (Å²) < 4.78 is 0. The molecule has 1 N–H and O–H groups in total. The van der Waals surface area contributed by atoms with Gasteiger partial charge < -0.3 is 10.2 Å². The molecule has 0 unspecified atom stereocenters. The van der Waals surface area contributed by atoms with Gasteiger partial charge in [-0.3, -0.25) is 0 Å². The largest absolute Gasteiger partial charge is 0.388 e. The van der Waals surface area contributed by atoms with E-state index in [1.54, 1.807) is 0 Å². The second-order valence-electron chi connectivity index (χ2n) is 3.85. The lowest BCUT2D eigenvalue weighted by molar-refractivity contribution is 0.607. The summed E-state index contributed by atoms with van der Waals surface area (Å²) in [6.45, 7) is 6.48. The fraction of sp³-hybridized carbons (Fsp3) is 0.545. The van der Waals surface area contributed by atoms with Crippen LogP contribution in [0.5, 0.6) is 0 Å². The van der Waals surface area contributed by atoms with Crippen molar-refractivity contribution in [3.05, 3.63) is 17.3 Å². The summed E-state index contributed by atoms with van der Waals surface area (Å²) >= 11 is 0. The van der Waals surface area contributed by atoms with Gasteiger partial charge in [0, 0.05) is 37.1 Å². The van der Waals surface area contributed by atoms with Crippen LogP contribution in [0.15, 0.2) is 6.07 Å². The topological polar surface area (TPSA) is 28.2 Å². The highest BCUT2D eigenvalue weighted by Crippen LogP contribution is 2.28. The van der Waals surface area contributed by atoms with Crippen molar-refractivity contribution in [1.82, 2.24) is 4.98 Å². The number of hydrogen-bond acceptors (Lipinski definition) is 3. The lowest BCUT2D eigenvalue weighted by Crippen LogP contribution is -2.38. The molecule has 0 spiro atoms. The number of aromatic nitrogens is 1. The molecule has 2 rings (SSSR count). The van der Waals surface area contributed by atoms with Crippen molar-refractivity contribution in [3.63, 3.8) is 0 Å². The Labute approximate surface area is 85.1 Å². The summed E-state index contributed by atoms with van der Waals surface area (Å²) in [5, 5.41) is 3.21. The van der Waals surface area contributed by atoms with Crippen LogP contribution in [-0.4, -0.2) is 25.1 Å². The molecule has 0 aromatic carbocycles. The lowest BCUT2D eigenvalue weighted by Gasteiger charge is -2.33. The zero-order valence-corrected chi connectivity index (χ0v) is 9.09. The van der Waals surface area contributed by atoms with Crippen molar-refractivity contribution >= 4 is 11.5 Å². The molecule has 0 amide bonds. The molecule has 1 aromatic rings. The number of nitrogens with one attached hydrogen (secondary N) is 1. The molecule has 1 saturated heterocycles. The summed E-state index contributed by atoms with van der Waals surface area (Å²) in [5.74, 6) is 1.15. The van der Waals surface area contributed by atoms with Crippen LogP contribution >= 0.6 is 0 Å². The standard InChI is InChI=1S/C11H17N3/c1-8-7-10(12-3)9(2)11(13-8)14-5-4-6-14/h7H,4-6H2,1-3H3,(H,12,13). The first-order valence-corrected chi connectivity index (χ1v) is 5.13. The van der Waals surface area contributed by atoms with Crippen molar-refractivity contribution in [3.8, 4) is 0 Å². The molecule has 0 radical (unpaired) electrons. The van der Waals surface area contributed by atoms with E-state index >= 15 is 0 Å². The van der Waals surface area contributed by atoms with E-state index in [0.29, 0.717) is 0 Å². The molecular weight excluding hydrogens is 174 g/mol. The zero-order chi connectivity index (χ0) is 10.1. The summed E-state index contributed by atoms with van der Waals surface area (Å²) in [4.78, 5) is 6.93. The molecule has 3 heteroatoms. The fourth-order valence-corrected chi connectivity index (χ4v) is 1.82. The van der Waals surface area contributed by atoms with Gasteiger partial charge in [0.25, 0.3) is 0 Å². The van der Waals surface area contributed by atoms with Gasteiger partial charge in [-0.2, -0.15) is 0 Å². The maximum Gasteiger partial charge on any atom is 0.133 e. The van der Waals surface area contributed by atoms with Crippen molar-refractivity contribution < 1.29 is 0 Å². The predicted octanol–water partition coefficient (Wildman–Crippen LogP) is 1.95. The van der Waals surface area contributed by atoms with Crippen LogP contribution in [-0.2, 0) is 0 Å². The van der Waals surface area contributed by atoms with Crippen LogP contribution in [0.1, 0.15) is 17.7 Å². The van der Waals surface area contributed by atoms with Crippen LogP contribution in [0.25, 0.3) is 0 Å². The van der Waals surface area contributed by atoms with Gasteiger partial charge in [-0.25, -0.2) is 4.98 Å². The lowest BCUT2D eigenvalue weighted by atomic mass is 10.1. The molecule has 2 heterocycles. The third-order valence-corrected chi connectivity index (χ3v) is 2.80. The number of nitrogens with zero attached hydrogens (tertiary/aromatic N) is 2. The highest BCUT2D eigenvalue weighted by atomic mass is 15.2. The molecule has 1 aromatic heterocycles. The van der Waals surface area contributed by atoms with Crippen LogP contribution < -0.4 is 10.2 Å². The van der Waals surface area contributed by atoms with Gasteiger partial charge in [-0.1, -0.05) is 0 Å². The Morgan fingerprint density at radius 3 is 2.57 bits per heavy atom. The molecule has 1 aliphatic heterocycles. The molecule has 76 valence electrons. The van der Waals surface area contributed by atoms with Gasteiger partial charge in [-0.05, 0) is 26.3 Å². The van der Waals surface area contributed by atoms with Crippen LogP contribution in [0.4, 0.5) is 11.5 Å². The molecule has 0 saturated carbocycles. The smallest absolute Gasteiger partial charge is 0.133 e. The Morgan fingerprint density at radius 1 is 1.36 bits per heavy atom. The first-order chi connectivity index (χ1) is 6.72. The highest BCUT2D eigenvalue weighted by Gasteiger charge is 2.19. The zero-order valence-electron chi connectivity index (χ0n) is 9.09. The van der Waals surface area contributed by atoms with E-state index in [2.05, 4.69) is 28.2 Å². The second-order valence-corrected chi connectivity index (χ2v) is 3.85. The Hall–Kier alpha value is -1.25. The number of rotatable bonds is 2. The number of aryl methyl sites for hydroxylation is 1. The minimum atomic E-state index is 1.09. The molecule has 3 nitrogen and oxygen atoms in total. The third kappa shape index (κ3) is 1.43. The summed E-state index contributed by atoms with van der Waals surface area (Å²) in [7, 11) is 1.96. The normalized spacial score (nSPS) is 15.2. The van der Waals surface area contributed by atoms with Gasteiger partial charge in [0.1, 0.15) is 5.82 Å². The minimum Gasteiger partial charge on any atom is -0.388 e. The van der Waals surface area contributed by atoms with E-state index in [4.69, 9.17) is 0 Å². The molecule has 1 fully saturated rings. The SMILES string of the molecule is CNc1cc(C)nc(N2CCC2)c1C. The molecule has 0 aliphatic carbocycles. The summed E-state index contributed by atoms with van der Waals surface area (Å²) in [6.07, 6.45) is 1.30. The van der Waals surface area contributed by atoms with E-state index < -0.39 is 0 Å². The first-order valence-electron chi connectivity index (χ1n) is 5.13. The highest BCUT2D eigenvalue weighted by molar-refractivity contribution is 5.63. The Morgan fingerprint density at radius 2 is 2.07 bits per heavy atom. The predicted molar refractivity (Wildman–Crippen MR) is 60.1 cm³/mol. The van der Waals surface area contributed by atoms with E-state index in [9.17, 15) is 0 Å². The van der Waals surface area contributed by atoms with E-state index in [0.717, 1.165) is 24.6 Å². The van der Waals surface area contributed by atoms with Crippen molar-refractivity contribution in [1.29, 1.82) is 0 Å². The van der Waals surface area contributed by atoms with E-state index in [1.807, 2.05) is 14.0 Å². The number of pyridine rings is 1. The quantitative estimate of drug-likeness (QED) is 0.774. The van der Waals surface area contributed by atoms with Crippen LogP contribution in [0.3, 0.4) is 0 Å². The van der Waals surface area contributed by atoms with Crippen molar-refractivity contribution in [2.45, 2.75) is 20.3 Å². The Kier molecular flexibility index (Phi) is 2.32. The third-order valence-electron chi connectivity index (χ3n) is 2.80. The Bertz CT molecular complexity index is 343. The second kappa shape index (κ2) is 3.48. The first kappa shape index (κ1) is 9.31. The van der Waals surface area contributed by atoms with E-state index in [1.165, 1.54) is 17.7 Å². The van der Waals surface area contributed by atoms with Crippen molar-refractivity contribution in [2.75, 3.05) is 30.4 Å². The molecular formula is C11H17N3. The minimum absolute atomic E-state index is 1.09. The maximum atomic E-state index is 4.59. The Balaban J connectivity index is 2.41. The van der Waals surface area contributed by atoms with Gasteiger partial charge in [0.05, 0.1) is 0 Å².